The van der Waals surface area contributed by atoms with Crippen molar-refractivity contribution in [3.8, 4) is 5.75 Å². The Morgan fingerprint density at radius 3 is 2.21 bits per heavy atom. The van der Waals surface area contributed by atoms with Gasteiger partial charge in [-0.15, -0.1) is 0 Å². The first-order chi connectivity index (χ1) is 16.7. The first-order valence-electron chi connectivity index (χ1n) is 13.0. The highest BCUT2D eigenvalue weighted by Gasteiger charge is 2.38. The maximum absolute atomic E-state index is 5.72. The summed E-state index contributed by atoms with van der Waals surface area (Å²) in [5.41, 5.74) is 5.35. The third-order valence-corrected chi connectivity index (χ3v) is 7.41. The van der Waals surface area contributed by atoms with Crippen LogP contribution < -0.4 is 15.4 Å². The molecule has 3 unspecified atom stereocenters. The lowest BCUT2D eigenvalue weighted by atomic mass is 9.74. The zero-order chi connectivity index (χ0) is 23.8. The molecular formula is C31H40N2O. The molecule has 0 bridgehead atoms. The van der Waals surface area contributed by atoms with Gasteiger partial charge in [0.25, 0.3) is 0 Å². The van der Waals surface area contributed by atoms with Crippen LogP contribution in [0.1, 0.15) is 61.3 Å². The van der Waals surface area contributed by atoms with Gasteiger partial charge in [0.05, 0.1) is 7.11 Å². The summed E-state index contributed by atoms with van der Waals surface area (Å²) < 4.78 is 5.72. The largest absolute Gasteiger partial charge is 0.496 e. The summed E-state index contributed by atoms with van der Waals surface area (Å²) in [4.78, 5) is 0. The molecule has 0 aliphatic carbocycles. The van der Waals surface area contributed by atoms with Gasteiger partial charge in [-0.1, -0.05) is 93.1 Å². The first-order valence-corrected chi connectivity index (χ1v) is 13.0. The van der Waals surface area contributed by atoms with Crippen LogP contribution in [0.5, 0.6) is 5.75 Å². The van der Waals surface area contributed by atoms with Crippen molar-refractivity contribution in [3.05, 3.63) is 101 Å². The number of rotatable bonds is 10. The Morgan fingerprint density at radius 1 is 0.941 bits per heavy atom. The third kappa shape index (κ3) is 5.71. The lowest BCUT2D eigenvalue weighted by Crippen LogP contribution is -2.58. The summed E-state index contributed by atoms with van der Waals surface area (Å²) in [7, 11) is 1.77. The predicted molar refractivity (Wildman–Crippen MR) is 143 cm³/mol. The standard InChI is InChI=1S/C31H40N2O/c1-4-12-26-19-20-32-31(29(24-13-8-6-9-14-24)25-15-10-7-11-16-25)30(26)33-22-27-21-23(5-2)17-18-28(27)34-3/h6-11,13-18,21,26,29-33H,4-5,12,19-20,22H2,1-3H3. The monoisotopic (exact) mass is 456 g/mol. The molecule has 0 spiro atoms. The summed E-state index contributed by atoms with van der Waals surface area (Å²) >= 11 is 0. The van der Waals surface area contributed by atoms with Crippen molar-refractivity contribution >= 4 is 0 Å². The molecule has 1 aliphatic rings. The average molecular weight is 457 g/mol. The van der Waals surface area contributed by atoms with Crippen LogP contribution in [-0.2, 0) is 13.0 Å². The van der Waals surface area contributed by atoms with Crippen LogP contribution in [0.3, 0.4) is 0 Å². The second kappa shape index (κ2) is 12.2. The Kier molecular flexibility index (Phi) is 8.79. The molecule has 2 N–H and O–H groups in total. The van der Waals surface area contributed by atoms with Gasteiger partial charge in [-0.05, 0) is 54.5 Å². The number of benzene rings is 3. The van der Waals surface area contributed by atoms with E-state index in [-0.39, 0.29) is 0 Å². The van der Waals surface area contributed by atoms with Crippen molar-refractivity contribution in [3.63, 3.8) is 0 Å². The second-order valence-electron chi connectivity index (χ2n) is 9.52. The van der Waals surface area contributed by atoms with Gasteiger partial charge in [-0.3, -0.25) is 0 Å². The van der Waals surface area contributed by atoms with Crippen molar-refractivity contribution in [2.24, 2.45) is 5.92 Å². The Bertz CT molecular complexity index is 963. The fourth-order valence-electron chi connectivity index (χ4n) is 5.69. The molecule has 180 valence electrons. The van der Waals surface area contributed by atoms with Crippen LogP contribution in [-0.4, -0.2) is 25.7 Å². The highest BCUT2D eigenvalue weighted by atomic mass is 16.5. The van der Waals surface area contributed by atoms with Crippen molar-refractivity contribution in [1.29, 1.82) is 0 Å². The number of nitrogens with one attached hydrogen (secondary N) is 2. The lowest BCUT2D eigenvalue weighted by molar-refractivity contribution is 0.190. The molecule has 1 saturated heterocycles. The third-order valence-electron chi connectivity index (χ3n) is 7.41. The first kappa shape index (κ1) is 24.5. The fourth-order valence-corrected chi connectivity index (χ4v) is 5.69. The van der Waals surface area contributed by atoms with Crippen LogP contribution in [0.4, 0.5) is 0 Å². The summed E-state index contributed by atoms with van der Waals surface area (Å²) in [6, 6.07) is 29.3. The van der Waals surface area contributed by atoms with E-state index >= 15 is 0 Å². The van der Waals surface area contributed by atoms with E-state index in [1.807, 2.05) is 0 Å². The van der Waals surface area contributed by atoms with Gasteiger partial charge in [-0.25, -0.2) is 0 Å². The molecular weight excluding hydrogens is 416 g/mol. The smallest absolute Gasteiger partial charge is 0.123 e. The Morgan fingerprint density at radius 2 is 1.62 bits per heavy atom. The lowest BCUT2D eigenvalue weighted by Gasteiger charge is -2.44. The number of hydrogen-bond donors (Lipinski definition) is 2. The van der Waals surface area contributed by atoms with E-state index in [0.29, 0.717) is 23.9 Å². The highest BCUT2D eigenvalue weighted by molar-refractivity contribution is 5.38. The minimum absolute atomic E-state index is 0.295. The molecule has 1 fully saturated rings. The number of ether oxygens (including phenoxy) is 1. The second-order valence-corrected chi connectivity index (χ2v) is 9.52. The highest BCUT2D eigenvalue weighted by Crippen LogP contribution is 2.35. The van der Waals surface area contributed by atoms with Gasteiger partial charge >= 0.3 is 0 Å². The van der Waals surface area contributed by atoms with Gasteiger partial charge in [0.15, 0.2) is 0 Å². The van der Waals surface area contributed by atoms with Gasteiger partial charge in [0.2, 0.25) is 0 Å². The summed E-state index contributed by atoms with van der Waals surface area (Å²) in [6.07, 6.45) is 4.71. The maximum atomic E-state index is 5.72. The van der Waals surface area contributed by atoms with Crippen LogP contribution in [0, 0.1) is 5.92 Å². The van der Waals surface area contributed by atoms with Crippen LogP contribution in [0.15, 0.2) is 78.9 Å². The van der Waals surface area contributed by atoms with Crippen molar-refractivity contribution in [1.82, 2.24) is 10.6 Å². The minimum Gasteiger partial charge on any atom is -0.496 e. The van der Waals surface area contributed by atoms with Gasteiger partial charge in [0.1, 0.15) is 5.75 Å². The van der Waals surface area contributed by atoms with E-state index < -0.39 is 0 Å². The summed E-state index contributed by atoms with van der Waals surface area (Å²) in [6.45, 7) is 6.41. The molecule has 0 saturated carbocycles. The van der Waals surface area contributed by atoms with Crippen LogP contribution in [0.25, 0.3) is 0 Å². The number of piperidine rings is 1. The topological polar surface area (TPSA) is 33.3 Å². The molecule has 3 aromatic rings. The van der Waals surface area contributed by atoms with Crippen molar-refractivity contribution < 1.29 is 4.74 Å². The molecule has 1 aliphatic heterocycles. The molecule has 3 nitrogen and oxygen atoms in total. The summed E-state index contributed by atoms with van der Waals surface area (Å²) in [5, 5.41) is 7.97. The van der Waals surface area contributed by atoms with E-state index in [1.54, 1.807) is 7.11 Å². The van der Waals surface area contributed by atoms with Gasteiger partial charge < -0.3 is 15.4 Å². The molecule has 1 heterocycles. The van der Waals surface area contributed by atoms with E-state index in [9.17, 15) is 0 Å². The molecule has 0 aromatic heterocycles. The molecule has 3 atom stereocenters. The fraction of sp³-hybridized carbons (Fsp3) is 0.419. The number of methoxy groups -OCH3 is 1. The molecule has 4 rings (SSSR count). The van der Waals surface area contributed by atoms with Crippen LogP contribution in [0.2, 0.25) is 0 Å². The van der Waals surface area contributed by atoms with E-state index in [4.69, 9.17) is 4.74 Å². The van der Waals surface area contributed by atoms with Crippen molar-refractivity contribution in [2.75, 3.05) is 13.7 Å². The molecule has 3 aromatic carbocycles. The summed E-state index contributed by atoms with van der Waals surface area (Å²) in [5.74, 6) is 1.91. The Labute approximate surface area is 205 Å². The SMILES string of the molecule is CCCC1CCNC(C(c2ccccc2)c2ccccc2)C1NCc1cc(CC)ccc1OC. The minimum atomic E-state index is 0.295. The van der Waals surface area contributed by atoms with Gasteiger partial charge in [-0.2, -0.15) is 0 Å². The molecule has 0 amide bonds. The Hall–Kier alpha value is -2.62. The molecule has 0 radical (unpaired) electrons. The number of hydrogen-bond acceptors (Lipinski definition) is 3. The van der Waals surface area contributed by atoms with Crippen molar-refractivity contribution in [2.45, 2.75) is 64.1 Å². The van der Waals surface area contributed by atoms with E-state index in [1.165, 1.54) is 41.5 Å². The van der Waals surface area contributed by atoms with Crippen LogP contribution >= 0.6 is 0 Å². The Balaban J connectivity index is 1.68. The quantitative estimate of drug-likeness (QED) is 0.374. The maximum Gasteiger partial charge on any atom is 0.123 e. The van der Waals surface area contributed by atoms with E-state index in [2.05, 4.69) is 103 Å². The zero-order valence-electron chi connectivity index (χ0n) is 21.0. The van der Waals surface area contributed by atoms with E-state index in [0.717, 1.165) is 25.3 Å². The zero-order valence-corrected chi connectivity index (χ0v) is 21.0. The predicted octanol–water partition coefficient (Wildman–Crippen LogP) is 6.33. The molecule has 3 heteroatoms. The van der Waals surface area contributed by atoms with Gasteiger partial charge in [0, 0.05) is 30.1 Å². The number of aryl methyl sites for hydroxylation is 1. The average Bonchev–Trinajstić information content (AvgIpc) is 2.89. The molecule has 34 heavy (non-hydrogen) atoms. The normalized spacial score (nSPS) is 20.4.